The minimum Gasteiger partial charge on any atom is -0.426 e. The van der Waals surface area contributed by atoms with Crippen LogP contribution in [0.15, 0.2) is 54.6 Å². The average Bonchev–Trinajstić information content (AvgIpc) is 2.48. The van der Waals surface area contributed by atoms with Crippen LogP contribution in [0.1, 0.15) is 17.5 Å². The molecule has 0 bridgehead atoms. The van der Waals surface area contributed by atoms with E-state index in [-0.39, 0.29) is 11.9 Å². The number of esters is 1. The molecule has 1 unspecified atom stereocenters. The van der Waals surface area contributed by atoms with E-state index in [0.29, 0.717) is 5.75 Å². The van der Waals surface area contributed by atoms with Crippen LogP contribution in [0.25, 0.3) is 0 Å². The molecule has 2 nitrogen and oxygen atoms in total. The lowest BCUT2D eigenvalue weighted by atomic mass is 9.84. The van der Waals surface area contributed by atoms with E-state index < -0.39 is 0 Å². The molecule has 0 spiro atoms. The zero-order valence-corrected chi connectivity index (χ0v) is 10.7. The van der Waals surface area contributed by atoms with E-state index in [1.807, 2.05) is 36.4 Å². The number of ether oxygens (including phenoxy) is 1. The molecule has 0 radical (unpaired) electrons. The van der Waals surface area contributed by atoms with Crippen molar-refractivity contribution in [3.8, 4) is 5.75 Å². The standard InChI is InChI=1S/C17H16O2/c18-17(19-16-8-2-1-3-9-16)15-11-10-13-6-4-5-7-14(13)12-15/h1-9,15H,10-12H2. The third-order valence-corrected chi connectivity index (χ3v) is 3.64. The number of aryl methyl sites for hydroxylation is 1. The van der Waals surface area contributed by atoms with Crippen LogP contribution in [-0.4, -0.2) is 5.97 Å². The van der Waals surface area contributed by atoms with Crippen LogP contribution in [0.4, 0.5) is 0 Å². The van der Waals surface area contributed by atoms with Crippen molar-refractivity contribution in [2.24, 2.45) is 5.92 Å². The molecule has 0 fully saturated rings. The van der Waals surface area contributed by atoms with Crippen molar-refractivity contribution in [2.45, 2.75) is 19.3 Å². The fourth-order valence-corrected chi connectivity index (χ4v) is 2.59. The van der Waals surface area contributed by atoms with Crippen LogP contribution in [0, 0.1) is 5.92 Å². The highest BCUT2D eigenvalue weighted by Gasteiger charge is 2.25. The largest absolute Gasteiger partial charge is 0.426 e. The van der Waals surface area contributed by atoms with Gasteiger partial charge in [0.05, 0.1) is 5.92 Å². The lowest BCUT2D eigenvalue weighted by Crippen LogP contribution is -2.26. The summed E-state index contributed by atoms with van der Waals surface area (Å²) in [6.45, 7) is 0. The van der Waals surface area contributed by atoms with Crippen molar-refractivity contribution >= 4 is 5.97 Å². The van der Waals surface area contributed by atoms with E-state index in [9.17, 15) is 4.79 Å². The monoisotopic (exact) mass is 252 g/mol. The Hall–Kier alpha value is -2.09. The number of hydrogen-bond acceptors (Lipinski definition) is 2. The lowest BCUT2D eigenvalue weighted by molar-refractivity contribution is -0.139. The molecule has 2 aromatic rings. The normalized spacial score (nSPS) is 17.6. The lowest BCUT2D eigenvalue weighted by Gasteiger charge is -2.22. The van der Waals surface area contributed by atoms with Gasteiger partial charge < -0.3 is 4.74 Å². The van der Waals surface area contributed by atoms with Gasteiger partial charge in [-0.05, 0) is 42.5 Å². The molecule has 0 saturated carbocycles. The first kappa shape index (κ1) is 12.0. The first-order chi connectivity index (χ1) is 9.33. The zero-order valence-electron chi connectivity index (χ0n) is 10.7. The van der Waals surface area contributed by atoms with E-state index in [1.165, 1.54) is 11.1 Å². The summed E-state index contributed by atoms with van der Waals surface area (Å²) >= 11 is 0. The summed E-state index contributed by atoms with van der Waals surface area (Å²) in [6.07, 6.45) is 2.63. The number of carbonyl (C=O) groups excluding carboxylic acids is 1. The minimum absolute atomic E-state index is 0.0184. The van der Waals surface area contributed by atoms with E-state index in [4.69, 9.17) is 4.74 Å². The molecule has 3 rings (SSSR count). The Morgan fingerprint density at radius 2 is 1.63 bits per heavy atom. The van der Waals surface area contributed by atoms with Gasteiger partial charge in [-0.15, -0.1) is 0 Å². The highest BCUT2D eigenvalue weighted by Crippen LogP contribution is 2.26. The molecule has 0 aliphatic heterocycles. The van der Waals surface area contributed by atoms with Gasteiger partial charge in [-0.25, -0.2) is 0 Å². The second kappa shape index (κ2) is 5.27. The summed E-state index contributed by atoms with van der Waals surface area (Å²) in [4.78, 5) is 12.2. The number of para-hydroxylation sites is 1. The van der Waals surface area contributed by atoms with Gasteiger partial charge in [0.2, 0.25) is 0 Å². The molecule has 0 saturated heterocycles. The van der Waals surface area contributed by atoms with E-state index in [2.05, 4.69) is 18.2 Å². The van der Waals surface area contributed by atoms with Gasteiger partial charge in [0.25, 0.3) is 0 Å². The second-order valence-electron chi connectivity index (χ2n) is 4.94. The number of fused-ring (bicyclic) bond motifs is 1. The molecule has 19 heavy (non-hydrogen) atoms. The van der Waals surface area contributed by atoms with Crippen LogP contribution in [0.3, 0.4) is 0 Å². The van der Waals surface area contributed by atoms with Crippen molar-refractivity contribution in [1.29, 1.82) is 0 Å². The minimum atomic E-state index is -0.110. The van der Waals surface area contributed by atoms with Crippen LogP contribution in [0.2, 0.25) is 0 Å². The van der Waals surface area contributed by atoms with Crippen molar-refractivity contribution in [3.63, 3.8) is 0 Å². The highest BCUT2D eigenvalue weighted by molar-refractivity contribution is 5.76. The number of benzene rings is 2. The van der Waals surface area contributed by atoms with Gasteiger partial charge in [-0.3, -0.25) is 4.79 Å². The Morgan fingerprint density at radius 1 is 0.947 bits per heavy atom. The predicted molar refractivity (Wildman–Crippen MR) is 74.0 cm³/mol. The number of hydrogen-bond donors (Lipinski definition) is 0. The van der Waals surface area contributed by atoms with Gasteiger partial charge >= 0.3 is 5.97 Å². The molecule has 1 atom stereocenters. The first-order valence-corrected chi connectivity index (χ1v) is 6.66. The summed E-state index contributed by atoms with van der Waals surface area (Å²) in [6, 6.07) is 17.6. The number of rotatable bonds is 2. The smallest absolute Gasteiger partial charge is 0.314 e. The average molecular weight is 252 g/mol. The molecule has 0 aromatic heterocycles. The Kier molecular flexibility index (Phi) is 3.32. The molecule has 2 aromatic carbocycles. The van der Waals surface area contributed by atoms with E-state index in [0.717, 1.165) is 19.3 Å². The van der Waals surface area contributed by atoms with Gasteiger partial charge in [0.15, 0.2) is 0 Å². The zero-order chi connectivity index (χ0) is 13.1. The first-order valence-electron chi connectivity index (χ1n) is 6.66. The Morgan fingerprint density at radius 3 is 2.42 bits per heavy atom. The topological polar surface area (TPSA) is 26.3 Å². The second-order valence-corrected chi connectivity index (χ2v) is 4.94. The molecule has 0 amide bonds. The summed E-state index contributed by atoms with van der Waals surface area (Å²) in [5.41, 5.74) is 2.65. The third kappa shape index (κ3) is 2.68. The Balaban J connectivity index is 1.70. The summed E-state index contributed by atoms with van der Waals surface area (Å²) < 4.78 is 5.43. The number of carbonyl (C=O) groups is 1. The van der Waals surface area contributed by atoms with E-state index >= 15 is 0 Å². The summed E-state index contributed by atoms with van der Waals surface area (Å²) in [5.74, 6) is 0.502. The maximum Gasteiger partial charge on any atom is 0.314 e. The molecular formula is C17H16O2. The maximum atomic E-state index is 12.2. The molecule has 96 valence electrons. The molecule has 2 heteroatoms. The molecule has 1 aliphatic carbocycles. The predicted octanol–water partition coefficient (Wildman–Crippen LogP) is 3.40. The Labute approximate surface area is 113 Å². The maximum absolute atomic E-state index is 12.2. The fraction of sp³-hybridized carbons (Fsp3) is 0.235. The summed E-state index contributed by atoms with van der Waals surface area (Å²) in [7, 11) is 0. The molecule has 0 heterocycles. The third-order valence-electron chi connectivity index (χ3n) is 3.64. The van der Waals surface area contributed by atoms with Crippen molar-refractivity contribution in [1.82, 2.24) is 0 Å². The van der Waals surface area contributed by atoms with Crippen LogP contribution < -0.4 is 4.74 Å². The quantitative estimate of drug-likeness (QED) is 0.605. The summed E-state index contributed by atoms with van der Waals surface area (Å²) in [5, 5.41) is 0. The van der Waals surface area contributed by atoms with Crippen LogP contribution >= 0.6 is 0 Å². The van der Waals surface area contributed by atoms with Crippen molar-refractivity contribution in [2.75, 3.05) is 0 Å². The van der Waals surface area contributed by atoms with Crippen molar-refractivity contribution < 1.29 is 9.53 Å². The molecule has 0 N–H and O–H groups in total. The fourth-order valence-electron chi connectivity index (χ4n) is 2.59. The van der Waals surface area contributed by atoms with Gasteiger partial charge in [-0.2, -0.15) is 0 Å². The van der Waals surface area contributed by atoms with E-state index in [1.54, 1.807) is 0 Å². The molecular weight excluding hydrogens is 236 g/mol. The Bertz CT molecular complexity index is 575. The molecule has 1 aliphatic rings. The van der Waals surface area contributed by atoms with Crippen LogP contribution in [0.5, 0.6) is 5.75 Å². The van der Waals surface area contributed by atoms with Gasteiger partial charge in [0.1, 0.15) is 5.75 Å². The van der Waals surface area contributed by atoms with Gasteiger partial charge in [0, 0.05) is 0 Å². The van der Waals surface area contributed by atoms with Crippen LogP contribution in [-0.2, 0) is 17.6 Å². The highest BCUT2D eigenvalue weighted by atomic mass is 16.5. The van der Waals surface area contributed by atoms with Crippen molar-refractivity contribution in [3.05, 3.63) is 65.7 Å². The SMILES string of the molecule is O=C(Oc1ccccc1)C1CCc2ccccc2C1. The van der Waals surface area contributed by atoms with Gasteiger partial charge in [-0.1, -0.05) is 42.5 Å².